The molecule has 1 unspecified atom stereocenters. The Morgan fingerprint density at radius 3 is 2.96 bits per heavy atom. The highest BCUT2D eigenvalue weighted by atomic mass is 16.2. The van der Waals surface area contributed by atoms with Crippen LogP contribution in [0.15, 0.2) is 24.5 Å². The average molecular weight is 341 g/mol. The molecule has 1 aliphatic heterocycles. The molecular formula is C17H23N7O. The first-order valence-electron chi connectivity index (χ1n) is 8.81. The average Bonchev–Trinajstić information content (AvgIpc) is 3.06. The molecule has 2 aliphatic rings. The van der Waals surface area contributed by atoms with E-state index in [1.165, 1.54) is 19.4 Å². The Bertz CT molecular complexity index is 741. The Labute approximate surface area is 146 Å². The number of carbonyl (C=O) groups excluding carboxylic acids is 1. The molecule has 1 aromatic carbocycles. The normalized spacial score (nSPS) is 20.6. The zero-order valence-electron chi connectivity index (χ0n) is 14.4. The van der Waals surface area contributed by atoms with E-state index in [4.69, 9.17) is 0 Å². The smallest absolute Gasteiger partial charge is 0.319 e. The maximum Gasteiger partial charge on any atom is 0.319 e. The van der Waals surface area contributed by atoms with Gasteiger partial charge in [0.05, 0.1) is 5.69 Å². The van der Waals surface area contributed by atoms with E-state index < -0.39 is 0 Å². The second-order valence-electron chi connectivity index (χ2n) is 7.04. The summed E-state index contributed by atoms with van der Waals surface area (Å²) in [5.74, 6) is 0.893. The summed E-state index contributed by atoms with van der Waals surface area (Å²) in [5.41, 5.74) is 2.60. The van der Waals surface area contributed by atoms with Gasteiger partial charge < -0.3 is 15.5 Å². The van der Waals surface area contributed by atoms with Gasteiger partial charge in [-0.05, 0) is 60.2 Å². The van der Waals surface area contributed by atoms with Gasteiger partial charge in [-0.15, -0.1) is 5.10 Å². The number of amides is 2. The van der Waals surface area contributed by atoms with Crippen LogP contribution in [0.2, 0.25) is 0 Å². The van der Waals surface area contributed by atoms with Crippen molar-refractivity contribution in [3.8, 4) is 5.69 Å². The fourth-order valence-electron chi connectivity index (χ4n) is 3.34. The van der Waals surface area contributed by atoms with Crippen molar-refractivity contribution in [1.29, 1.82) is 0 Å². The van der Waals surface area contributed by atoms with Crippen molar-refractivity contribution < 1.29 is 4.79 Å². The summed E-state index contributed by atoms with van der Waals surface area (Å²) in [6.45, 7) is 5.20. The summed E-state index contributed by atoms with van der Waals surface area (Å²) in [5, 5.41) is 17.2. The maximum atomic E-state index is 12.3. The first-order chi connectivity index (χ1) is 12.2. The Morgan fingerprint density at radius 2 is 2.20 bits per heavy atom. The molecule has 2 aromatic rings. The number of hydrogen-bond acceptors (Lipinski definition) is 5. The minimum absolute atomic E-state index is 0.162. The minimum atomic E-state index is -0.162. The van der Waals surface area contributed by atoms with Crippen LogP contribution in [0.4, 0.5) is 10.5 Å². The van der Waals surface area contributed by atoms with E-state index in [1.54, 1.807) is 11.0 Å². The van der Waals surface area contributed by atoms with Crippen LogP contribution in [0.25, 0.3) is 5.69 Å². The second-order valence-corrected chi connectivity index (χ2v) is 7.04. The molecule has 0 spiro atoms. The lowest BCUT2D eigenvalue weighted by molar-refractivity contribution is 0.247. The van der Waals surface area contributed by atoms with Gasteiger partial charge in [0, 0.05) is 31.4 Å². The van der Waals surface area contributed by atoms with Gasteiger partial charge in [-0.2, -0.15) is 0 Å². The zero-order chi connectivity index (χ0) is 17.2. The molecule has 8 heteroatoms. The fourth-order valence-corrected chi connectivity index (χ4v) is 3.34. The van der Waals surface area contributed by atoms with Crippen molar-refractivity contribution in [2.75, 3.05) is 25.0 Å². The van der Waals surface area contributed by atoms with Crippen molar-refractivity contribution in [2.24, 2.45) is 5.92 Å². The molecule has 2 amide bonds. The van der Waals surface area contributed by atoms with Gasteiger partial charge in [0.1, 0.15) is 6.33 Å². The van der Waals surface area contributed by atoms with Crippen LogP contribution in [0.1, 0.15) is 24.8 Å². The van der Waals surface area contributed by atoms with Crippen LogP contribution in [0.3, 0.4) is 0 Å². The lowest BCUT2D eigenvalue weighted by atomic mass is 10.2. The molecule has 25 heavy (non-hydrogen) atoms. The number of rotatable bonds is 5. The van der Waals surface area contributed by atoms with Crippen LogP contribution >= 0.6 is 0 Å². The SMILES string of the molecule is Cc1ccc(NC(=O)NC2CCN(CC3CC3)C2)cc1-n1cnnn1. The van der Waals surface area contributed by atoms with Gasteiger partial charge in [-0.25, -0.2) is 9.48 Å². The number of carbonyl (C=O) groups is 1. The van der Waals surface area contributed by atoms with Crippen molar-refractivity contribution in [1.82, 2.24) is 30.4 Å². The molecule has 1 aromatic heterocycles. The Kier molecular flexibility index (Phi) is 4.35. The molecule has 2 heterocycles. The third-order valence-corrected chi connectivity index (χ3v) is 4.88. The lowest BCUT2D eigenvalue weighted by Crippen LogP contribution is -2.39. The maximum absolute atomic E-state index is 12.3. The van der Waals surface area contributed by atoms with Gasteiger partial charge in [0.25, 0.3) is 0 Å². The van der Waals surface area contributed by atoms with Gasteiger partial charge in [-0.3, -0.25) is 0 Å². The van der Waals surface area contributed by atoms with Crippen molar-refractivity contribution in [3.63, 3.8) is 0 Å². The number of hydrogen-bond donors (Lipinski definition) is 2. The van der Waals surface area contributed by atoms with E-state index in [0.29, 0.717) is 0 Å². The molecule has 1 saturated heterocycles. The van der Waals surface area contributed by atoms with Crippen molar-refractivity contribution >= 4 is 11.7 Å². The highest BCUT2D eigenvalue weighted by molar-refractivity contribution is 5.89. The zero-order valence-corrected chi connectivity index (χ0v) is 14.4. The molecule has 1 aliphatic carbocycles. The Hall–Kier alpha value is -2.48. The quantitative estimate of drug-likeness (QED) is 0.862. The standard InChI is InChI=1S/C17H23N7O/c1-12-2-5-14(8-16(12)24-11-18-21-22-24)19-17(25)20-15-6-7-23(10-15)9-13-3-4-13/h2,5,8,11,13,15H,3-4,6-7,9-10H2,1H3,(H2,19,20,25). The number of anilines is 1. The van der Waals surface area contributed by atoms with E-state index in [-0.39, 0.29) is 12.1 Å². The highest BCUT2D eigenvalue weighted by Crippen LogP contribution is 2.30. The van der Waals surface area contributed by atoms with Crippen LogP contribution in [0, 0.1) is 12.8 Å². The number of nitrogens with zero attached hydrogens (tertiary/aromatic N) is 5. The highest BCUT2D eigenvalue weighted by Gasteiger charge is 2.29. The van der Waals surface area contributed by atoms with Crippen molar-refractivity contribution in [3.05, 3.63) is 30.1 Å². The largest absolute Gasteiger partial charge is 0.334 e. The number of nitrogens with one attached hydrogen (secondary N) is 2. The van der Waals surface area contributed by atoms with Gasteiger partial charge in [0.2, 0.25) is 0 Å². The fraction of sp³-hybridized carbons (Fsp3) is 0.529. The van der Waals surface area contributed by atoms with Crippen LogP contribution in [-0.4, -0.2) is 56.8 Å². The number of aryl methyl sites for hydroxylation is 1. The molecule has 1 atom stereocenters. The third kappa shape index (κ3) is 3.96. The summed E-state index contributed by atoms with van der Waals surface area (Å²) in [7, 11) is 0. The van der Waals surface area contributed by atoms with Crippen LogP contribution in [0.5, 0.6) is 0 Å². The second kappa shape index (κ2) is 6.79. The predicted molar refractivity (Wildman–Crippen MR) is 93.6 cm³/mol. The van der Waals surface area contributed by atoms with Gasteiger partial charge >= 0.3 is 6.03 Å². The molecule has 1 saturated carbocycles. The number of urea groups is 1. The minimum Gasteiger partial charge on any atom is -0.334 e. The molecule has 8 nitrogen and oxygen atoms in total. The summed E-state index contributed by atoms with van der Waals surface area (Å²) < 4.78 is 1.59. The van der Waals surface area contributed by atoms with E-state index in [1.807, 2.05) is 25.1 Å². The van der Waals surface area contributed by atoms with Crippen LogP contribution in [-0.2, 0) is 0 Å². The molecule has 4 rings (SSSR count). The Balaban J connectivity index is 1.34. The molecule has 2 fully saturated rings. The summed E-state index contributed by atoms with van der Waals surface area (Å²) >= 11 is 0. The van der Waals surface area contributed by atoms with Gasteiger partial charge in [0.15, 0.2) is 0 Å². The van der Waals surface area contributed by atoms with E-state index in [9.17, 15) is 4.79 Å². The number of likely N-dealkylation sites (tertiary alicyclic amines) is 1. The molecule has 132 valence electrons. The summed E-state index contributed by atoms with van der Waals surface area (Å²) in [4.78, 5) is 14.8. The van der Waals surface area contributed by atoms with Crippen molar-refractivity contribution in [2.45, 2.75) is 32.2 Å². The van der Waals surface area contributed by atoms with E-state index in [2.05, 4.69) is 31.1 Å². The number of aromatic nitrogens is 4. The first kappa shape index (κ1) is 16.0. The monoisotopic (exact) mass is 341 g/mol. The lowest BCUT2D eigenvalue weighted by Gasteiger charge is -2.17. The molecule has 2 N–H and O–H groups in total. The number of tetrazole rings is 1. The van der Waals surface area contributed by atoms with Crippen LogP contribution < -0.4 is 10.6 Å². The molecular weight excluding hydrogens is 318 g/mol. The molecule has 0 radical (unpaired) electrons. The summed E-state index contributed by atoms with van der Waals surface area (Å²) in [6, 6.07) is 5.77. The van der Waals surface area contributed by atoms with Gasteiger partial charge in [-0.1, -0.05) is 6.07 Å². The Morgan fingerprint density at radius 1 is 1.32 bits per heavy atom. The topological polar surface area (TPSA) is 88.0 Å². The predicted octanol–water partition coefficient (Wildman–Crippen LogP) is 1.58. The first-order valence-corrected chi connectivity index (χ1v) is 8.81. The van der Waals surface area contributed by atoms with E-state index >= 15 is 0 Å². The third-order valence-electron chi connectivity index (χ3n) is 4.88. The van der Waals surface area contributed by atoms with E-state index in [0.717, 1.165) is 42.4 Å². The number of benzene rings is 1. The summed E-state index contributed by atoms with van der Waals surface area (Å²) in [6.07, 6.45) is 5.29. The molecule has 0 bridgehead atoms.